The van der Waals surface area contributed by atoms with Crippen LogP contribution in [0.15, 0.2) is 24.3 Å². The van der Waals surface area contributed by atoms with Crippen molar-refractivity contribution in [3.63, 3.8) is 0 Å². The lowest BCUT2D eigenvalue weighted by Crippen LogP contribution is -2.52. The molecule has 2 rings (SSSR count). The topological polar surface area (TPSA) is 87.1 Å². The van der Waals surface area contributed by atoms with Crippen molar-refractivity contribution >= 4 is 11.9 Å². The van der Waals surface area contributed by atoms with Gasteiger partial charge in [0, 0.05) is 13.0 Å². The number of aliphatic hydroxyl groups is 1. The molecule has 1 amide bonds. The van der Waals surface area contributed by atoms with E-state index in [1.165, 1.54) is 0 Å². The number of benzene rings is 1. The highest BCUT2D eigenvalue weighted by Crippen LogP contribution is 2.27. The number of aliphatic carboxylic acids is 1. The molecule has 0 saturated carbocycles. The molecule has 1 aromatic carbocycles. The fourth-order valence-electron chi connectivity index (χ4n) is 2.87. The number of aliphatic hydroxyl groups excluding tert-OH is 1. The molecule has 1 aliphatic heterocycles. The Hall–Kier alpha value is -1.92. The van der Waals surface area contributed by atoms with E-state index >= 15 is 0 Å². The lowest BCUT2D eigenvalue weighted by atomic mass is 9.93. The number of carboxylic acid groups (broad SMARTS) is 1. The van der Waals surface area contributed by atoms with Crippen LogP contribution in [0.25, 0.3) is 0 Å². The molecule has 0 saturated heterocycles. The van der Waals surface area contributed by atoms with Crippen molar-refractivity contribution in [2.75, 3.05) is 0 Å². The molecule has 0 bridgehead atoms. The van der Waals surface area contributed by atoms with Crippen LogP contribution in [0, 0.1) is 0 Å². The fraction of sp³-hybridized carbons (Fsp3) is 0.556. The zero-order valence-electron chi connectivity index (χ0n) is 14.4. The van der Waals surface area contributed by atoms with Gasteiger partial charge in [-0.1, -0.05) is 24.3 Å². The minimum absolute atomic E-state index is 0.0871. The largest absolute Gasteiger partial charge is 0.481 e. The van der Waals surface area contributed by atoms with Gasteiger partial charge in [0.1, 0.15) is 0 Å². The molecule has 0 fully saturated rings. The second kappa shape index (κ2) is 7.32. The standard InChI is InChI=1S/C18H25NO5/c1-18(2,3)24-17(23)14-10-12-6-4-5-7-13(12)11-19(14)15(20)8-9-16(21)22/h4-7,14,17,23H,8-11H2,1-3H3,(H,21,22)/t14-,17?/m0/s1. The van der Waals surface area contributed by atoms with E-state index in [-0.39, 0.29) is 18.7 Å². The van der Waals surface area contributed by atoms with Crippen molar-refractivity contribution in [3.8, 4) is 0 Å². The summed E-state index contributed by atoms with van der Waals surface area (Å²) >= 11 is 0. The van der Waals surface area contributed by atoms with Gasteiger partial charge in [-0.3, -0.25) is 9.59 Å². The molecule has 2 atom stereocenters. The Kier molecular flexibility index (Phi) is 5.62. The molecule has 1 heterocycles. The third kappa shape index (κ3) is 4.79. The first-order valence-corrected chi connectivity index (χ1v) is 8.11. The maximum Gasteiger partial charge on any atom is 0.303 e. The first-order chi connectivity index (χ1) is 11.2. The molecule has 1 aliphatic rings. The number of nitrogens with zero attached hydrogens (tertiary/aromatic N) is 1. The van der Waals surface area contributed by atoms with E-state index in [0.29, 0.717) is 13.0 Å². The van der Waals surface area contributed by atoms with Gasteiger partial charge in [0.25, 0.3) is 0 Å². The summed E-state index contributed by atoms with van der Waals surface area (Å²) < 4.78 is 5.64. The van der Waals surface area contributed by atoms with E-state index < -0.39 is 23.9 Å². The molecule has 1 aromatic rings. The second-order valence-electron chi connectivity index (χ2n) is 7.08. The minimum atomic E-state index is -1.13. The molecular formula is C18H25NO5. The van der Waals surface area contributed by atoms with Gasteiger partial charge in [-0.25, -0.2) is 0 Å². The van der Waals surface area contributed by atoms with Crippen molar-refractivity contribution < 1.29 is 24.5 Å². The van der Waals surface area contributed by atoms with E-state index in [4.69, 9.17) is 9.84 Å². The molecular weight excluding hydrogens is 310 g/mol. The van der Waals surface area contributed by atoms with Crippen LogP contribution < -0.4 is 0 Å². The number of carbonyl (C=O) groups is 2. The highest BCUT2D eigenvalue weighted by atomic mass is 16.6. The van der Waals surface area contributed by atoms with Crippen molar-refractivity contribution in [1.29, 1.82) is 0 Å². The Labute approximate surface area is 142 Å². The van der Waals surface area contributed by atoms with Crippen molar-refractivity contribution in [2.45, 2.75) is 64.5 Å². The molecule has 24 heavy (non-hydrogen) atoms. The lowest BCUT2D eigenvalue weighted by Gasteiger charge is -2.40. The Bertz CT molecular complexity index is 608. The monoisotopic (exact) mass is 335 g/mol. The van der Waals surface area contributed by atoms with E-state index in [9.17, 15) is 14.7 Å². The predicted octanol–water partition coefficient (Wildman–Crippen LogP) is 1.94. The van der Waals surface area contributed by atoms with E-state index in [0.717, 1.165) is 11.1 Å². The summed E-state index contributed by atoms with van der Waals surface area (Å²) in [5.74, 6) is -1.29. The number of rotatable bonds is 5. The zero-order valence-corrected chi connectivity index (χ0v) is 14.4. The van der Waals surface area contributed by atoms with Gasteiger partial charge in [-0.15, -0.1) is 0 Å². The Morgan fingerprint density at radius 2 is 1.88 bits per heavy atom. The summed E-state index contributed by atoms with van der Waals surface area (Å²) in [5.41, 5.74) is 1.54. The molecule has 2 N–H and O–H groups in total. The van der Waals surface area contributed by atoms with E-state index in [1.54, 1.807) is 4.90 Å². The van der Waals surface area contributed by atoms with Crippen LogP contribution in [0.5, 0.6) is 0 Å². The Morgan fingerprint density at radius 3 is 2.46 bits per heavy atom. The van der Waals surface area contributed by atoms with Crippen LogP contribution >= 0.6 is 0 Å². The van der Waals surface area contributed by atoms with Crippen molar-refractivity contribution in [3.05, 3.63) is 35.4 Å². The third-order valence-electron chi connectivity index (χ3n) is 3.96. The van der Waals surface area contributed by atoms with Crippen LogP contribution in [0.1, 0.15) is 44.7 Å². The summed E-state index contributed by atoms with van der Waals surface area (Å²) in [4.78, 5) is 24.8. The average molecular weight is 335 g/mol. The van der Waals surface area contributed by atoms with Crippen molar-refractivity contribution in [1.82, 2.24) is 4.90 Å². The van der Waals surface area contributed by atoms with Gasteiger partial charge in [-0.05, 0) is 38.3 Å². The lowest BCUT2D eigenvalue weighted by molar-refractivity contribution is -0.201. The van der Waals surface area contributed by atoms with Gasteiger partial charge in [-0.2, -0.15) is 0 Å². The summed E-state index contributed by atoms with van der Waals surface area (Å²) in [5, 5.41) is 19.3. The van der Waals surface area contributed by atoms with E-state index in [1.807, 2.05) is 45.0 Å². The SMILES string of the molecule is CC(C)(C)OC(O)[C@@H]1Cc2ccccc2CN1C(=O)CCC(=O)O. The van der Waals surface area contributed by atoms with Gasteiger partial charge in [0.2, 0.25) is 5.91 Å². The molecule has 1 unspecified atom stereocenters. The third-order valence-corrected chi connectivity index (χ3v) is 3.96. The van der Waals surface area contributed by atoms with Crippen molar-refractivity contribution in [2.24, 2.45) is 0 Å². The Morgan fingerprint density at radius 1 is 1.25 bits per heavy atom. The van der Waals surface area contributed by atoms with Crippen LogP contribution in [0.2, 0.25) is 0 Å². The van der Waals surface area contributed by atoms with Crippen LogP contribution in [-0.4, -0.2) is 44.9 Å². The van der Waals surface area contributed by atoms with Gasteiger partial charge >= 0.3 is 5.97 Å². The van der Waals surface area contributed by atoms with Gasteiger partial charge < -0.3 is 19.8 Å². The molecule has 6 heteroatoms. The fourth-order valence-corrected chi connectivity index (χ4v) is 2.87. The van der Waals surface area contributed by atoms with Gasteiger partial charge in [0.15, 0.2) is 6.29 Å². The second-order valence-corrected chi connectivity index (χ2v) is 7.08. The number of fused-ring (bicyclic) bond motifs is 1. The summed E-state index contributed by atoms with van der Waals surface area (Å²) in [6.45, 7) is 5.86. The molecule has 0 aliphatic carbocycles. The van der Waals surface area contributed by atoms with E-state index in [2.05, 4.69) is 0 Å². The summed E-state index contributed by atoms with van der Waals surface area (Å²) in [7, 11) is 0. The number of amides is 1. The number of carbonyl (C=O) groups excluding carboxylic acids is 1. The smallest absolute Gasteiger partial charge is 0.303 e. The molecule has 132 valence electrons. The average Bonchev–Trinajstić information content (AvgIpc) is 2.49. The first kappa shape index (κ1) is 18.4. The molecule has 0 spiro atoms. The highest BCUT2D eigenvalue weighted by Gasteiger charge is 2.36. The number of hydrogen-bond acceptors (Lipinski definition) is 4. The Balaban J connectivity index is 2.22. The molecule has 0 radical (unpaired) electrons. The quantitative estimate of drug-likeness (QED) is 0.803. The highest BCUT2D eigenvalue weighted by molar-refractivity contribution is 5.81. The number of carboxylic acids is 1. The van der Waals surface area contributed by atoms with Crippen LogP contribution in [-0.2, 0) is 27.3 Å². The predicted molar refractivity (Wildman–Crippen MR) is 88.2 cm³/mol. The van der Waals surface area contributed by atoms with Crippen LogP contribution in [0.4, 0.5) is 0 Å². The zero-order chi connectivity index (χ0) is 17.9. The van der Waals surface area contributed by atoms with Crippen LogP contribution in [0.3, 0.4) is 0 Å². The summed E-state index contributed by atoms with van der Waals surface area (Å²) in [6, 6.07) is 7.22. The number of hydrogen-bond donors (Lipinski definition) is 2. The normalized spacial score (nSPS) is 18.8. The number of ether oxygens (including phenoxy) is 1. The molecule has 6 nitrogen and oxygen atoms in total. The first-order valence-electron chi connectivity index (χ1n) is 8.11. The van der Waals surface area contributed by atoms with Gasteiger partial charge in [0.05, 0.1) is 18.1 Å². The maximum atomic E-state index is 12.5. The minimum Gasteiger partial charge on any atom is -0.481 e. The summed E-state index contributed by atoms with van der Waals surface area (Å²) in [6.07, 6.45) is -0.963. The maximum absolute atomic E-state index is 12.5. The molecule has 0 aromatic heterocycles.